The molecule has 1 amide bonds. The number of ether oxygens (including phenoxy) is 1. The number of amides is 1. The molecule has 2 atom stereocenters. The van der Waals surface area contributed by atoms with Gasteiger partial charge in [-0.05, 0) is 23.3 Å². The van der Waals surface area contributed by atoms with Crippen LogP contribution in [-0.2, 0) is 19.4 Å². The van der Waals surface area contributed by atoms with Gasteiger partial charge in [0.15, 0.2) is 9.84 Å². The van der Waals surface area contributed by atoms with Crippen molar-refractivity contribution < 1.29 is 17.9 Å². The van der Waals surface area contributed by atoms with Gasteiger partial charge in [0.1, 0.15) is 0 Å². The van der Waals surface area contributed by atoms with Gasteiger partial charge in [-0.2, -0.15) is 0 Å². The zero-order chi connectivity index (χ0) is 19.2. The summed E-state index contributed by atoms with van der Waals surface area (Å²) in [6.45, 7) is 0.240. The number of nitrogens with one attached hydrogen (secondary N) is 1. The highest BCUT2D eigenvalue weighted by molar-refractivity contribution is 7.90. The van der Waals surface area contributed by atoms with E-state index in [9.17, 15) is 13.2 Å². The Kier molecular flexibility index (Phi) is 6.90. The average molecular weight is 376 g/mol. The van der Waals surface area contributed by atoms with Gasteiger partial charge in [0.2, 0.25) is 5.91 Å². The van der Waals surface area contributed by atoms with Crippen molar-refractivity contribution >= 4 is 15.7 Å². The number of sulfone groups is 1. The maximum Gasteiger partial charge on any atom is 0.223 e. The van der Waals surface area contributed by atoms with E-state index in [0.717, 1.165) is 11.8 Å². The lowest BCUT2D eigenvalue weighted by atomic mass is 9.98. The summed E-state index contributed by atoms with van der Waals surface area (Å²) >= 11 is 0. The maximum absolute atomic E-state index is 12.4. The lowest BCUT2D eigenvalue weighted by molar-refractivity contribution is -0.123. The van der Waals surface area contributed by atoms with Crippen LogP contribution >= 0.6 is 0 Å². The summed E-state index contributed by atoms with van der Waals surface area (Å²) in [7, 11) is -1.84. The summed E-state index contributed by atoms with van der Waals surface area (Å²) < 4.78 is 28.9. The minimum absolute atomic E-state index is 0.127. The van der Waals surface area contributed by atoms with Crippen LogP contribution < -0.4 is 11.1 Å². The minimum Gasteiger partial charge on any atom is -0.380 e. The van der Waals surface area contributed by atoms with E-state index in [-0.39, 0.29) is 29.9 Å². The van der Waals surface area contributed by atoms with Gasteiger partial charge in [0.25, 0.3) is 0 Å². The Morgan fingerprint density at radius 2 is 1.77 bits per heavy atom. The molecule has 3 N–H and O–H groups in total. The van der Waals surface area contributed by atoms with E-state index >= 15 is 0 Å². The van der Waals surface area contributed by atoms with E-state index in [4.69, 9.17) is 10.5 Å². The van der Waals surface area contributed by atoms with Gasteiger partial charge in [0.05, 0.1) is 23.5 Å². The summed E-state index contributed by atoms with van der Waals surface area (Å²) in [4.78, 5) is 12.7. The van der Waals surface area contributed by atoms with Gasteiger partial charge in [0, 0.05) is 19.9 Å². The summed E-state index contributed by atoms with van der Waals surface area (Å²) in [6, 6.07) is 15.5. The summed E-state index contributed by atoms with van der Waals surface area (Å²) in [5.41, 5.74) is 7.12. The normalized spacial score (nSPS) is 13.8. The van der Waals surface area contributed by atoms with Crippen LogP contribution in [0.1, 0.15) is 23.6 Å². The average Bonchev–Trinajstić information content (AvgIpc) is 2.64. The quantitative estimate of drug-likeness (QED) is 0.730. The molecular weight excluding hydrogens is 352 g/mol. The fraction of sp³-hybridized carbons (Fsp3) is 0.316. The Labute approximate surface area is 154 Å². The molecule has 0 aliphatic heterocycles. The third-order valence-electron chi connectivity index (χ3n) is 4.07. The van der Waals surface area contributed by atoms with Gasteiger partial charge in [-0.3, -0.25) is 4.79 Å². The Morgan fingerprint density at radius 3 is 2.35 bits per heavy atom. The molecule has 0 aromatic heterocycles. The molecule has 0 saturated carbocycles. The summed E-state index contributed by atoms with van der Waals surface area (Å²) in [5, 5.41) is 2.96. The third kappa shape index (κ3) is 5.39. The van der Waals surface area contributed by atoms with Crippen molar-refractivity contribution in [2.24, 2.45) is 5.73 Å². The Hall–Kier alpha value is -2.22. The van der Waals surface area contributed by atoms with Crippen LogP contribution in [0.3, 0.4) is 0 Å². The predicted molar refractivity (Wildman–Crippen MR) is 100 cm³/mol. The second kappa shape index (κ2) is 8.93. The van der Waals surface area contributed by atoms with Crippen molar-refractivity contribution in [2.75, 3.05) is 19.9 Å². The van der Waals surface area contributed by atoms with Gasteiger partial charge in [-0.1, -0.05) is 42.5 Å². The molecule has 2 rings (SSSR count). The molecule has 7 heteroatoms. The number of methoxy groups -OCH3 is 1. The predicted octanol–water partition coefficient (Wildman–Crippen LogP) is 1.66. The van der Waals surface area contributed by atoms with E-state index in [1.165, 1.54) is 13.2 Å². The number of carbonyl (C=O) groups excluding carboxylic acids is 1. The molecule has 2 aromatic carbocycles. The highest BCUT2D eigenvalue weighted by atomic mass is 32.2. The Balaban J connectivity index is 2.35. The van der Waals surface area contributed by atoms with Crippen LogP contribution in [-0.4, -0.2) is 40.3 Å². The molecular formula is C19H24N2O4S. The molecule has 2 aromatic rings. The van der Waals surface area contributed by atoms with Crippen molar-refractivity contribution in [3.63, 3.8) is 0 Å². The number of nitrogens with two attached hydrogens (primary N) is 1. The van der Waals surface area contributed by atoms with E-state index in [0.29, 0.717) is 5.56 Å². The van der Waals surface area contributed by atoms with Crippen molar-refractivity contribution in [1.82, 2.24) is 5.32 Å². The molecule has 0 spiro atoms. The van der Waals surface area contributed by atoms with Crippen LogP contribution in [0.2, 0.25) is 0 Å². The fourth-order valence-electron chi connectivity index (χ4n) is 2.62. The van der Waals surface area contributed by atoms with E-state index < -0.39 is 15.9 Å². The van der Waals surface area contributed by atoms with E-state index in [2.05, 4.69) is 5.32 Å². The molecule has 0 heterocycles. The molecule has 0 aliphatic carbocycles. The first kappa shape index (κ1) is 20.1. The van der Waals surface area contributed by atoms with Crippen LogP contribution in [0.25, 0.3) is 0 Å². The van der Waals surface area contributed by atoms with Gasteiger partial charge < -0.3 is 15.8 Å². The number of benzene rings is 2. The van der Waals surface area contributed by atoms with Crippen molar-refractivity contribution in [3.8, 4) is 0 Å². The largest absolute Gasteiger partial charge is 0.380 e. The zero-order valence-electron chi connectivity index (χ0n) is 14.9. The molecule has 2 unspecified atom stereocenters. The van der Waals surface area contributed by atoms with Gasteiger partial charge >= 0.3 is 0 Å². The number of rotatable bonds is 8. The molecule has 0 aliphatic rings. The summed E-state index contributed by atoms with van der Waals surface area (Å²) in [6.07, 6.45) is 0.920. The molecule has 26 heavy (non-hydrogen) atoms. The summed E-state index contributed by atoms with van der Waals surface area (Å²) in [5.74, 6) is -0.221. The lowest BCUT2D eigenvalue weighted by Gasteiger charge is -2.22. The number of hydrogen-bond donors (Lipinski definition) is 2. The topological polar surface area (TPSA) is 98.5 Å². The van der Waals surface area contributed by atoms with E-state index in [1.807, 2.05) is 30.3 Å². The Morgan fingerprint density at radius 1 is 1.12 bits per heavy atom. The highest BCUT2D eigenvalue weighted by Gasteiger charge is 2.20. The smallest absolute Gasteiger partial charge is 0.223 e. The SMILES string of the molecule is COC(CN)CC(=O)NC(c1ccccc1)c1cccc(S(C)(=O)=O)c1. The molecule has 0 fully saturated rings. The zero-order valence-corrected chi connectivity index (χ0v) is 15.7. The van der Waals surface area contributed by atoms with Gasteiger partial charge in [-0.15, -0.1) is 0 Å². The lowest BCUT2D eigenvalue weighted by Crippen LogP contribution is -2.34. The van der Waals surface area contributed by atoms with Gasteiger partial charge in [-0.25, -0.2) is 8.42 Å². The van der Waals surface area contributed by atoms with Crippen LogP contribution in [0.5, 0.6) is 0 Å². The van der Waals surface area contributed by atoms with Crippen LogP contribution in [0.4, 0.5) is 0 Å². The second-order valence-corrected chi connectivity index (χ2v) is 8.07. The van der Waals surface area contributed by atoms with Crippen LogP contribution in [0.15, 0.2) is 59.5 Å². The van der Waals surface area contributed by atoms with Crippen molar-refractivity contribution in [2.45, 2.75) is 23.5 Å². The van der Waals surface area contributed by atoms with Crippen molar-refractivity contribution in [3.05, 3.63) is 65.7 Å². The number of carbonyl (C=O) groups is 1. The molecule has 0 bridgehead atoms. The minimum atomic E-state index is -3.35. The maximum atomic E-state index is 12.4. The monoisotopic (exact) mass is 376 g/mol. The first-order chi connectivity index (χ1) is 12.3. The molecule has 0 saturated heterocycles. The first-order valence-electron chi connectivity index (χ1n) is 8.22. The first-order valence-corrected chi connectivity index (χ1v) is 10.1. The van der Waals surface area contributed by atoms with Crippen molar-refractivity contribution in [1.29, 1.82) is 0 Å². The standard InChI is InChI=1S/C19H24N2O4S/c1-25-16(13-20)12-18(22)21-19(14-7-4-3-5-8-14)15-9-6-10-17(11-15)26(2,23)24/h3-11,16,19H,12-13,20H2,1-2H3,(H,21,22). The second-order valence-electron chi connectivity index (χ2n) is 6.05. The Bertz CT molecular complexity index is 834. The third-order valence-corrected chi connectivity index (χ3v) is 5.18. The highest BCUT2D eigenvalue weighted by Crippen LogP contribution is 2.24. The molecule has 6 nitrogen and oxygen atoms in total. The molecule has 140 valence electrons. The van der Waals surface area contributed by atoms with E-state index in [1.54, 1.807) is 18.2 Å². The van der Waals surface area contributed by atoms with Crippen LogP contribution in [0, 0.1) is 0 Å². The fourth-order valence-corrected chi connectivity index (χ4v) is 3.29. The molecule has 0 radical (unpaired) electrons. The number of hydrogen-bond acceptors (Lipinski definition) is 5.